The number of hydrogen-bond donors (Lipinski definition) is 2. The molecule has 0 fully saturated rings. The van der Waals surface area contributed by atoms with Crippen molar-refractivity contribution in [2.45, 2.75) is 6.42 Å². The molecule has 19 heavy (non-hydrogen) atoms. The number of carbonyl (C=O) groups is 1. The number of hydrogen-bond acceptors (Lipinski definition) is 3. The molecule has 0 atom stereocenters. The fourth-order valence-corrected chi connectivity index (χ4v) is 1.76. The van der Waals surface area contributed by atoms with Crippen molar-refractivity contribution in [1.82, 2.24) is 15.1 Å². The Balaban J connectivity index is 1.94. The molecular weight excluding hydrogens is 247 g/mol. The number of carbonyl (C=O) groups excluding carboxylic acids is 1. The number of aryl methyl sites for hydroxylation is 1. The molecule has 0 radical (unpaired) electrons. The van der Waals surface area contributed by atoms with E-state index in [1.165, 1.54) is 18.2 Å². The minimum Gasteiger partial charge on any atom is -0.399 e. The van der Waals surface area contributed by atoms with Gasteiger partial charge >= 0.3 is 0 Å². The first kappa shape index (κ1) is 13.1. The molecule has 1 amide bonds. The molecule has 6 heteroatoms. The topological polar surface area (TPSA) is 72.9 Å². The van der Waals surface area contributed by atoms with Gasteiger partial charge in [-0.15, -0.1) is 0 Å². The van der Waals surface area contributed by atoms with Crippen LogP contribution in [0.2, 0.25) is 0 Å². The van der Waals surface area contributed by atoms with Gasteiger partial charge in [0.25, 0.3) is 5.91 Å². The number of nitrogens with zero attached hydrogens (tertiary/aromatic N) is 2. The fourth-order valence-electron chi connectivity index (χ4n) is 1.76. The summed E-state index contributed by atoms with van der Waals surface area (Å²) in [5, 5.41) is 6.68. The lowest BCUT2D eigenvalue weighted by molar-refractivity contribution is 0.0950. The van der Waals surface area contributed by atoms with Crippen molar-refractivity contribution < 1.29 is 9.18 Å². The molecule has 2 rings (SSSR count). The van der Waals surface area contributed by atoms with Crippen molar-refractivity contribution in [3.8, 4) is 0 Å². The van der Waals surface area contributed by atoms with E-state index < -0.39 is 11.7 Å². The molecule has 0 bridgehead atoms. The Bertz CT molecular complexity index is 594. The monoisotopic (exact) mass is 262 g/mol. The van der Waals surface area contributed by atoms with E-state index in [-0.39, 0.29) is 5.56 Å². The maximum atomic E-state index is 13.5. The average Bonchev–Trinajstić information content (AvgIpc) is 2.78. The highest BCUT2D eigenvalue weighted by atomic mass is 19.1. The Labute approximate surface area is 110 Å². The Kier molecular flexibility index (Phi) is 3.79. The summed E-state index contributed by atoms with van der Waals surface area (Å²) in [6.07, 6.45) is 2.32. The smallest absolute Gasteiger partial charge is 0.254 e. The molecule has 2 aromatic rings. The molecule has 0 saturated carbocycles. The molecule has 0 aliphatic rings. The summed E-state index contributed by atoms with van der Waals surface area (Å²) < 4.78 is 15.2. The van der Waals surface area contributed by atoms with E-state index in [9.17, 15) is 9.18 Å². The molecule has 5 nitrogen and oxygen atoms in total. The van der Waals surface area contributed by atoms with Crippen molar-refractivity contribution >= 4 is 11.6 Å². The van der Waals surface area contributed by atoms with E-state index in [1.807, 2.05) is 13.1 Å². The molecule has 0 spiro atoms. The van der Waals surface area contributed by atoms with Gasteiger partial charge in [0.2, 0.25) is 0 Å². The summed E-state index contributed by atoms with van der Waals surface area (Å²) in [6.45, 7) is 0.409. The van der Waals surface area contributed by atoms with E-state index in [4.69, 9.17) is 5.73 Å². The van der Waals surface area contributed by atoms with E-state index >= 15 is 0 Å². The summed E-state index contributed by atoms with van der Waals surface area (Å²) >= 11 is 0. The lowest BCUT2D eigenvalue weighted by Crippen LogP contribution is -2.27. The van der Waals surface area contributed by atoms with Crippen LogP contribution in [0, 0.1) is 5.82 Å². The van der Waals surface area contributed by atoms with Gasteiger partial charge in [-0.3, -0.25) is 9.48 Å². The lowest BCUT2D eigenvalue weighted by Gasteiger charge is -2.07. The van der Waals surface area contributed by atoms with Gasteiger partial charge in [-0.2, -0.15) is 5.10 Å². The minimum absolute atomic E-state index is 0.0370. The molecule has 1 aromatic carbocycles. The lowest BCUT2D eigenvalue weighted by atomic mass is 10.1. The van der Waals surface area contributed by atoms with Crippen LogP contribution in [0.25, 0.3) is 0 Å². The standard InChI is InChI=1S/C13H15FN4O/c1-18-10(5-7-17-18)4-6-16-13(19)11-8-9(15)2-3-12(11)14/h2-3,5,7-8H,4,6,15H2,1H3,(H,16,19). The van der Waals surface area contributed by atoms with E-state index in [0.717, 1.165) is 5.69 Å². The highest BCUT2D eigenvalue weighted by molar-refractivity contribution is 5.95. The molecular formula is C13H15FN4O. The molecule has 0 aliphatic heterocycles. The second kappa shape index (κ2) is 5.51. The molecule has 0 saturated heterocycles. The van der Waals surface area contributed by atoms with E-state index in [0.29, 0.717) is 18.7 Å². The summed E-state index contributed by atoms with van der Waals surface area (Å²) in [4.78, 5) is 11.8. The van der Waals surface area contributed by atoms with Gasteiger partial charge in [-0.25, -0.2) is 4.39 Å². The van der Waals surface area contributed by atoms with Crippen molar-refractivity contribution in [3.63, 3.8) is 0 Å². The fraction of sp³-hybridized carbons (Fsp3) is 0.231. The Morgan fingerprint density at radius 3 is 2.95 bits per heavy atom. The first-order chi connectivity index (χ1) is 9.08. The summed E-state index contributed by atoms with van der Waals surface area (Å²) in [6, 6.07) is 5.80. The first-order valence-electron chi connectivity index (χ1n) is 5.88. The highest BCUT2D eigenvalue weighted by Gasteiger charge is 2.11. The van der Waals surface area contributed by atoms with Gasteiger partial charge in [0.15, 0.2) is 0 Å². The second-order valence-electron chi connectivity index (χ2n) is 4.19. The third-order valence-electron chi connectivity index (χ3n) is 2.82. The van der Waals surface area contributed by atoms with Crippen molar-refractivity contribution in [3.05, 3.63) is 47.5 Å². The van der Waals surface area contributed by atoms with Crippen LogP contribution in [0.1, 0.15) is 16.1 Å². The number of nitrogens with two attached hydrogens (primary N) is 1. The molecule has 1 aromatic heterocycles. The quantitative estimate of drug-likeness (QED) is 0.811. The maximum absolute atomic E-state index is 13.5. The van der Waals surface area contributed by atoms with Gasteiger partial charge < -0.3 is 11.1 Å². The first-order valence-corrected chi connectivity index (χ1v) is 5.88. The van der Waals surface area contributed by atoms with Crippen molar-refractivity contribution in [1.29, 1.82) is 0 Å². The van der Waals surface area contributed by atoms with Crippen LogP contribution in [0.15, 0.2) is 30.5 Å². The van der Waals surface area contributed by atoms with Gasteiger partial charge in [0.1, 0.15) is 5.82 Å². The minimum atomic E-state index is -0.577. The van der Waals surface area contributed by atoms with Crippen LogP contribution >= 0.6 is 0 Å². The predicted octanol–water partition coefficient (Wildman–Crippen LogP) is 1.11. The summed E-state index contributed by atoms with van der Waals surface area (Å²) in [5.41, 5.74) is 6.85. The number of amides is 1. The molecule has 0 unspecified atom stereocenters. The number of benzene rings is 1. The third-order valence-corrected chi connectivity index (χ3v) is 2.82. The zero-order valence-electron chi connectivity index (χ0n) is 10.6. The number of nitrogens with one attached hydrogen (secondary N) is 1. The molecule has 0 aliphatic carbocycles. The Morgan fingerprint density at radius 1 is 1.47 bits per heavy atom. The van der Waals surface area contributed by atoms with Gasteiger partial charge in [-0.05, 0) is 24.3 Å². The molecule has 3 N–H and O–H groups in total. The normalized spacial score (nSPS) is 10.4. The van der Waals surface area contributed by atoms with Crippen molar-refractivity contribution in [2.24, 2.45) is 7.05 Å². The van der Waals surface area contributed by atoms with Gasteiger partial charge in [-0.1, -0.05) is 0 Å². The number of halogens is 1. The summed E-state index contributed by atoms with van der Waals surface area (Å²) in [5.74, 6) is -1.04. The Morgan fingerprint density at radius 2 is 2.26 bits per heavy atom. The number of nitrogen functional groups attached to an aromatic ring is 1. The molecule has 1 heterocycles. The van der Waals surface area contributed by atoms with E-state index in [1.54, 1.807) is 10.9 Å². The summed E-state index contributed by atoms with van der Waals surface area (Å²) in [7, 11) is 1.83. The predicted molar refractivity (Wildman–Crippen MR) is 70.1 cm³/mol. The Hall–Kier alpha value is -2.37. The van der Waals surface area contributed by atoms with Crippen LogP contribution in [0.5, 0.6) is 0 Å². The van der Waals surface area contributed by atoms with Crippen LogP contribution in [0.4, 0.5) is 10.1 Å². The van der Waals surface area contributed by atoms with Crippen LogP contribution in [-0.4, -0.2) is 22.2 Å². The average molecular weight is 262 g/mol. The van der Waals surface area contributed by atoms with Crippen LogP contribution in [0.3, 0.4) is 0 Å². The number of rotatable bonds is 4. The zero-order valence-corrected chi connectivity index (χ0v) is 10.6. The highest BCUT2D eigenvalue weighted by Crippen LogP contribution is 2.11. The van der Waals surface area contributed by atoms with E-state index in [2.05, 4.69) is 10.4 Å². The van der Waals surface area contributed by atoms with Gasteiger partial charge in [0, 0.05) is 37.6 Å². The van der Waals surface area contributed by atoms with Gasteiger partial charge in [0.05, 0.1) is 5.56 Å². The SMILES string of the molecule is Cn1nccc1CCNC(=O)c1cc(N)ccc1F. The second-order valence-corrected chi connectivity index (χ2v) is 4.19. The van der Waals surface area contributed by atoms with Crippen LogP contribution in [-0.2, 0) is 13.5 Å². The van der Waals surface area contributed by atoms with Crippen molar-refractivity contribution in [2.75, 3.05) is 12.3 Å². The number of anilines is 1. The number of aromatic nitrogens is 2. The third kappa shape index (κ3) is 3.09. The largest absolute Gasteiger partial charge is 0.399 e. The van der Waals surface area contributed by atoms with Crippen LogP contribution < -0.4 is 11.1 Å². The molecule has 100 valence electrons. The maximum Gasteiger partial charge on any atom is 0.254 e. The zero-order chi connectivity index (χ0) is 13.8.